The standard InChI is InChI=1S/C15H23N3O2/c1-12-10-13(18(19)20)4-5-14(12)16-11-15(2)6-8-17(3)9-7-15/h4-5,10,16H,6-9,11H2,1-3H3. The molecule has 1 aromatic carbocycles. The second-order valence-electron chi connectivity index (χ2n) is 6.22. The van der Waals surface area contributed by atoms with Crippen molar-refractivity contribution in [3.63, 3.8) is 0 Å². The van der Waals surface area contributed by atoms with E-state index in [-0.39, 0.29) is 10.6 Å². The van der Waals surface area contributed by atoms with Crippen LogP contribution in [0.3, 0.4) is 0 Å². The van der Waals surface area contributed by atoms with Crippen molar-refractivity contribution in [2.24, 2.45) is 5.41 Å². The van der Waals surface area contributed by atoms with E-state index in [0.717, 1.165) is 30.9 Å². The van der Waals surface area contributed by atoms with Crippen molar-refractivity contribution in [1.29, 1.82) is 0 Å². The lowest BCUT2D eigenvalue weighted by Gasteiger charge is -2.38. The Balaban J connectivity index is 1.99. The maximum Gasteiger partial charge on any atom is 0.269 e. The van der Waals surface area contributed by atoms with E-state index in [1.54, 1.807) is 12.1 Å². The van der Waals surface area contributed by atoms with Crippen LogP contribution in [0.25, 0.3) is 0 Å². The molecule has 0 aromatic heterocycles. The summed E-state index contributed by atoms with van der Waals surface area (Å²) in [6.07, 6.45) is 2.37. The highest BCUT2D eigenvalue weighted by atomic mass is 16.6. The van der Waals surface area contributed by atoms with Gasteiger partial charge in [0.05, 0.1) is 4.92 Å². The van der Waals surface area contributed by atoms with Crippen molar-refractivity contribution in [2.45, 2.75) is 26.7 Å². The van der Waals surface area contributed by atoms with E-state index >= 15 is 0 Å². The number of hydrogen-bond acceptors (Lipinski definition) is 4. The number of nitro benzene ring substituents is 1. The van der Waals surface area contributed by atoms with E-state index < -0.39 is 0 Å². The van der Waals surface area contributed by atoms with Gasteiger partial charge in [0.1, 0.15) is 0 Å². The molecule has 0 unspecified atom stereocenters. The molecule has 5 nitrogen and oxygen atoms in total. The number of nitrogens with zero attached hydrogens (tertiary/aromatic N) is 2. The van der Waals surface area contributed by atoms with Crippen LogP contribution in [0.4, 0.5) is 11.4 Å². The second kappa shape index (κ2) is 5.79. The number of likely N-dealkylation sites (tertiary alicyclic amines) is 1. The Morgan fingerprint density at radius 1 is 1.40 bits per heavy atom. The number of nitro groups is 1. The van der Waals surface area contributed by atoms with E-state index in [1.165, 1.54) is 12.8 Å². The second-order valence-corrected chi connectivity index (χ2v) is 6.22. The summed E-state index contributed by atoms with van der Waals surface area (Å²) in [5.74, 6) is 0. The first-order valence-electron chi connectivity index (χ1n) is 7.07. The Morgan fingerprint density at radius 2 is 2.05 bits per heavy atom. The molecule has 1 aromatic rings. The number of piperidine rings is 1. The van der Waals surface area contributed by atoms with Gasteiger partial charge in [-0.1, -0.05) is 6.92 Å². The zero-order chi connectivity index (χ0) is 14.8. The SMILES string of the molecule is Cc1cc([N+](=O)[O-])ccc1NCC1(C)CCN(C)CC1. The molecule has 0 radical (unpaired) electrons. The summed E-state index contributed by atoms with van der Waals surface area (Å²) in [5.41, 5.74) is 2.38. The van der Waals surface area contributed by atoms with E-state index in [2.05, 4.69) is 24.2 Å². The van der Waals surface area contributed by atoms with Crippen LogP contribution in [0.1, 0.15) is 25.3 Å². The Kier molecular flexibility index (Phi) is 4.28. The minimum Gasteiger partial charge on any atom is -0.384 e. The summed E-state index contributed by atoms with van der Waals surface area (Å²) in [7, 11) is 2.16. The van der Waals surface area contributed by atoms with Gasteiger partial charge in [0.25, 0.3) is 5.69 Å². The van der Waals surface area contributed by atoms with Gasteiger partial charge in [-0.05, 0) is 56.9 Å². The van der Waals surface area contributed by atoms with Gasteiger partial charge in [-0.2, -0.15) is 0 Å². The van der Waals surface area contributed by atoms with Gasteiger partial charge >= 0.3 is 0 Å². The average molecular weight is 277 g/mol. The van der Waals surface area contributed by atoms with Gasteiger partial charge in [0.15, 0.2) is 0 Å². The predicted molar refractivity (Wildman–Crippen MR) is 81.2 cm³/mol. The van der Waals surface area contributed by atoms with Crippen molar-refractivity contribution in [1.82, 2.24) is 4.90 Å². The number of hydrogen-bond donors (Lipinski definition) is 1. The first-order valence-corrected chi connectivity index (χ1v) is 7.07. The van der Waals surface area contributed by atoms with Crippen LogP contribution in [0.2, 0.25) is 0 Å². The Labute approximate surface area is 120 Å². The minimum atomic E-state index is -0.352. The molecule has 0 spiro atoms. The third-order valence-corrected chi connectivity index (χ3v) is 4.32. The van der Waals surface area contributed by atoms with Crippen LogP contribution >= 0.6 is 0 Å². The topological polar surface area (TPSA) is 58.4 Å². The molecule has 1 saturated heterocycles. The number of nitrogens with one attached hydrogen (secondary N) is 1. The molecular formula is C15H23N3O2. The number of anilines is 1. The van der Waals surface area contributed by atoms with Gasteiger partial charge in [-0.25, -0.2) is 0 Å². The lowest BCUT2D eigenvalue weighted by Crippen LogP contribution is -2.40. The van der Waals surface area contributed by atoms with Crippen molar-refractivity contribution in [3.8, 4) is 0 Å². The molecule has 1 heterocycles. The fourth-order valence-corrected chi connectivity index (χ4v) is 2.60. The summed E-state index contributed by atoms with van der Waals surface area (Å²) in [6.45, 7) is 7.41. The molecule has 20 heavy (non-hydrogen) atoms. The molecule has 2 rings (SSSR count). The maximum atomic E-state index is 10.7. The molecule has 0 aliphatic carbocycles. The quantitative estimate of drug-likeness (QED) is 0.679. The number of aryl methyl sites for hydroxylation is 1. The Hall–Kier alpha value is -1.62. The smallest absolute Gasteiger partial charge is 0.269 e. The van der Waals surface area contributed by atoms with Crippen molar-refractivity contribution >= 4 is 11.4 Å². The minimum absolute atomic E-state index is 0.151. The van der Waals surface area contributed by atoms with Gasteiger partial charge in [-0.3, -0.25) is 10.1 Å². The Bertz CT molecular complexity index is 494. The molecule has 110 valence electrons. The number of non-ortho nitro benzene ring substituents is 1. The Morgan fingerprint density at radius 3 is 2.60 bits per heavy atom. The van der Waals surface area contributed by atoms with E-state index in [0.29, 0.717) is 5.41 Å². The highest BCUT2D eigenvalue weighted by Crippen LogP contribution is 2.31. The molecule has 0 amide bonds. The first kappa shape index (κ1) is 14.8. The molecule has 1 N–H and O–H groups in total. The zero-order valence-corrected chi connectivity index (χ0v) is 12.5. The van der Waals surface area contributed by atoms with E-state index in [1.807, 2.05) is 13.0 Å². The average Bonchev–Trinajstić information content (AvgIpc) is 2.41. The van der Waals surface area contributed by atoms with Gasteiger partial charge in [-0.15, -0.1) is 0 Å². The lowest BCUT2D eigenvalue weighted by atomic mass is 9.80. The lowest BCUT2D eigenvalue weighted by molar-refractivity contribution is -0.384. The molecule has 1 aliphatic rings. The third kappa shape index (κ3) is 3.48. The molecule has 0 atom stereocenters. The summed E-state index contributed by atoms with van der Waals surface area (Å²) in [4.78, 5) is 12.7. The number of rotatable bonds is 4. The van der Waals surface area contributed by atoms with E-state index in [9.17, 15) is 10.1 Å². The van der Waals surface area contributed by atoms with Crippen molar-refractivity contribution < 1.29 is 4.92 Å². The summed E-state index contributed by atoms with van der Waals surface area (Å²) < 4.78 is 0. The first-order chi connectivity index (χ1) is 9.39. The molecular weight excluding hydrogens is 254 g/mol. The molecule has 0 bridgehead atoms. The normalized spacial score (nSPS) is 18.8. The van der Waals surface area contributed by atoms with Crippen molar-refractivity contribution in [2.75, 3.05) is 32.0 Å². The highest BCUT2D eigenvalue weighted by Gasteiger charge is 2.28. The van der Waals surface area contributed by atoms with Crippen molar-refractivity contribution in [3.05, 3.63) is 33.9 Å². The molecule has 5 heteroatoms. The van der Waals surface area contributed by atoms with Crippen LogP contribution in [0.5, 0.6) is 0 Å². The third-order valence-electron chi connectivity index (χ3n) is 4.32. The summed E-state index contributed by atoms with van der Waals surface area (Å²) in [6, 6.07) is 5.00. The van der Waals surface area contributed by atoms with Gasteiger partial charge in [0.2, 0.25) is 0 Å². The summed E-state index contributed by atoms with van der Waals surface area (Å²) in [5, 5.41) is 14.2. The predicted octanol–water partition coefficient (Wildman–Crippen LogP) is 3.05. The van der Waals surface area contributed by atoms with Gasteiger partial charge < -0.3 is 10.2 Å². The summed E-state index contributed by atoms with van der Waals surface area (Å²) >= 11 is 0. The molecule has 1 fully saturated rings. The van der Waals surface area contributed by atoms with Crippen LogP contribution in [0, 0.1) is 22.5 Å². The van der Waals surface area contributed by atoms with Crippen LogP contribution < -0.4 is 5.32 Å². The molecule has 1 aliphatic heterocycles. The van der Waals surface area contributed by atoms with Crippen LogP contribution in [0.15, 0.2) is 18.2 Å². The van der Waals surface area contributed by atoms with Crippen LogP contribution in [-0.2, 0) is 0 Å². The number of benzene rings is 1. The highest BCUT2D eigenvalue weighted by molar-refractivity contribution is 5.55. The zero-order valence-electron chi connectivity index (χ0n) is 12.5. The maximum absolute atomic E-state index is 10.7. The van der Waals surface area contributed by atoms with Crippen LogP contribution in [-0.4, -0.2) is 36.5 Å². The van der Waals surface area contributed by atoms with E-state index in [4.69, 9.17) is 0 Å². The fraction of sp³-hybridized carbons (Fsp3) is 0.600. The monoisotopic (exact) mass is 277 g/mol. The fourth-order valence-electron chi connectivity index (χ4n) is 2.60. The van der Waals surface area contributed by atoms with Gasteiger partial charge in [0, 0.05) is 24.4 Å². The largest absolute Gasteiger partial charge is 0.384 e. The molecule has 0 saturated carbocycles.